The predicted molar refractivity (Wildman–Crippen MR) is 88.5 cm³/mol. The zero-order valence-corrected chi connectivity index (χ0v) is 13.6. The van der Waals surface area contributed by atoms with Crippen LogP contribution in [0.25, 0.3) is 6.08 Å². The second-order valence-corrected chi connectivity index (χ2v) is 6.08. The molecule has 0 saturated heterocycles. The van der Waals surface area contributed by atoms with Crippen molar-refractivity contribution in [3.63, 3.8) is 0 Å². The van der Waals surface area contributed by atoms with Gasteiger partial charge in [0.2, 0.25) is 11.7 Å². The molecule has 0 spiro atoms. The molecule has 0 atom stereocenters. The first kappa shape index (κ1) is 15.4. The summed E-state index contributed by atoms with van der Waals surface area (Å²) in [7, 11) is 1.57. The summed E-state index contributed by atoms with van der Waals surface area (Å²) in [4.78, 5) is 17.1. The zero-order chi connectivity index (χ0) is 16.2. The minimum Gasteiger partial charge on any atom is -0.493 e. The van der Waals surface area contributed by atoms with Crippen LogP contribution in [-0.4, -0.2) is 31.2 Å². The Labute approximate surface area is 137 Å². The summed E-state index contributed by atoms with van der Waals surface area (Å²) in [5.74, 6) is 1.55. The van der Waals surface area contributed by atoms with Crippen LogP contribution >= 0.6 is 11.3 Å². The Balaban J connectivity index is 1.75. The Morgan fingerprint density at radius 1 is 1.39 bits per heavy atom. The molecule has 1 aromatic carbocycles. The van der Waals surface area contributed by atoms with Crippen molar-refractivity contribution in [1.29, 1.82) is 0 Å². The minimum absolute atomic E-state index is 0.242. The van der Waals surface area contributed by atoms with Crippen molar-refractivity contribution >= 4 is 28.5 Å². The van der Waals surface area contributed by atoms with Crippen molar-refractivity contribution < 1.29 is 19.0 Å². The van der Waals surface area contributed by atoms with Crippen LogP contribution in [0.5, 0.6) is 17.2 Å². The van der Waals surface area contributed by atoms with Gasteiger partial charge in [0.15, 0.2) is 16.6 Å². The highest BCUT2D eigenvalue weighted by Crippen LogP contribution is 2.40. The lowest BCUT2D eigenvalue weighted by Gasteiger charge is -2.20. The lowest BCUT2D eigenvalue weighted by atomic mass is 10.1. The first-order valence-corrected chi connectivity index (χ1v) is 7.86. The number of nitrogens with zero attached hydrogens (tertiary/aromatic N) is 1. The monoisotopic (exact) mass is 332 g/mol. The van der Waals surface area contributed by atoms with Crippen LogP contribution in [0.15, 0.2) is 24.4 Å². The Bertz CT molecular complexity index is 737. The fraction of sp³-hybridized carbons (Fsp3) is 0.250. The normalized spacial score (nSPS) is 13.1. The maximum atomic E-state index is 11.9. The number of fused-ring (bicyclic) bond motifs is 1. The average Bonchev–Trinajstić information content (AvgIpc) is 2.97. The van der Waals surface area contributed by atoms with E-state index in [-0.39, 0.29) is 5.91 Å². The molecule has 23 heavy (non-hydrogen) atoms. The summed E-state index contributed by atoms with van der Waals surface area (Å²) < 4.78 is 16.4. The number of rotatable bonds is 4. The number of hydrogen-bond donors (Lipinski definition) is 1. The second-order valence-electron chi connectivity index (χ2n) is 4.85. The second kappa shape index (κ2) is 6.70. The van der Waals surface area contributed by atoms with E-state index in [1.165, 1.54) is 17.4 Å². The fourth-order valence-electron chi connectivity index (χ4n) is 2.12. The SMILES string of the molecule is COc1cc(/C=C/C(=O)Nc2ncc(C)s2)cc2c1OCCO2. The van der Waals surface area contributed by atoms with Crippen LogP contribution in [0.1, 0.15) is 10.4 Å². The van der Waals surface area contributed by atoms with E-state index in [0.29, 0.717) is 35.6 Å². The number of thiazole rings is 1. The third-order valence-electron chi connectivity index (χ3n) is 3.13. The van der Waals surface area contributed by atoms with Gasteiger partial charge in [-0.2, -0.15) is 0 Å². The summed E-state index contributed by atoms with van der Waals surface area (Å²) in [6.07, 6.45) is 4.85. The van der Waals surface area contributed by atoms with Gasteiger partial charge in [-0.25, -0.2) is 4.98 Å². The number of ether oxygens (including phenoxy) is 3. The van der Waals surface area contributed by atoms with Gasteiger partial charge in [0.1, 0.15) is 13.2 Å². The highest BCUT2D eigenvalue weighted by atomic mass is 32.1. The van der Waals surface area contributed by atoms with E-state index < -0.39 is 0 Å². The van der Waals surface area contributed by atoms with Crippen LogP contribution in [0.3, 0.4) is 0 Å². The number of benzene rings is 1. The summed E-state index contributed by atoms with van der Waals surface area (Å²) in [6, 6.07) is 3.61. The number of aromatic nitrogens is 1. The number of amides is 1. The molecule has 0 unspecified atom stereocenters. The number of anilines is 1. The molecule has 2 aromatic rings. The fourth-order valence-corrected chi connectivity index (χ4v) is 2.79. The number of carbonyl (C=O) groups excluding carboxylic acids is 1. The molecular weight excluding hydrogens is 316 g/mol. The molecule has 6 nitrogen and oxygen atoms in total. The van der Waals surface area contributed by atoms with Crippen molar-refractivity contribution in [3.8, 4) is 17.2 Å². The zero-order valence-electron chi connectivity index (χ0n) is 12.8. The molecule has 0 saturated carbocycles. The van der Waals surface area contributed by atoms with E-state index in [1.807, 2.05) is 13.0 Å². The van der Waals surface area contributed by atoms with Gasteiger partial charge in [0.25, 0.3) is 0 Å². The number of nitrogens with one attached hydrogen (secondary N) is 1. The molecule has 0 bridgehead atoms. The third kappa shape index (κ3) is 3.62. The van der Waals surface area contributed by atoms with Crippen LogP contribution < -0.4 is 19.5 Å². The Hall–Kier alpha value is -2.54. The predicted octanol–water partition coefficient (Wildman–Crippen LogP) is 2.88. The van der Waals surface area contributed by atoms with Crippen LogP contribution in [0.4, 0.5) is 5.13 Å². The van der Waals surface area contributed by atoms with Gasteiger partial charge in [-0.3, -0.25) is 10.1 Å². The molecule has 1 aliphatic heterocycles. The maximum Gasteiger partial charge on any atom is 0.250 e. The van der Waals surface area contributed by atoms with Crippen molar-refractivity contribution in [2.24, 2.45) is 0 Å². The van der Waals surface area contributed by atoms with Gasteiger partial charge in [-0.1, -0.05) is 0 Å². The first-order valence-electron chi connectivity index (χ1n) is 7.05. The molecule has 0 aliphatic carbocycles. The quantitative estimate of drug-likeness (QED) is 0.872. The minimum atomic E-state index is -0.242. The number of carbonyl (C=O) groups is 1. The molecule has 7 heteroatoms. The lowest BCUT2D eigenvalue weighted by molar-refractivity contribution is -0.111. The highest BCUT2D eigenvalue weighted by Gasteiger charge is 2.17. The van der Waals surface area contributed by atoms with E-state index in [9.17, 15) is 4.79 Å². The van der Waals surface area contributed by atoms with Gasteiger partial charge in [-0.15, -0.1) is 11.3 Å². The molecule has 1 N–H and O–H groups in total. The van der Waals surface area contributed by atoms with Crippen LogP contribution in [0.2, 0.25) is 0 Å². The Morgan fingerprint density at radius 2 is 2.22 bits per heavy atom. The van der Waals surface area contributed by atoms with Gasteiger partial charge in [-0.05, 0) is 30.7 Å². The number of hydrogen-bond acceptors (Lipinski definition) is 6. The summed E-state index contributed by atoms with van der Waals surface area (Å²) in [5.41, 5.74) is 0.788. The average molecular weight is 332 g/mol. The third-order valence-corrected chi connectivity index (χ3v) is 3.96. The van der Waals surface area contributed by atoms with E-state index in [1.54, 1.807) is 25.4 Å². The smallest absolute Gasteiger partial charge is 0.250 e. The molecular formula is C16H16N2O4S. The molecule has 1 aromatic heterocycles. The van der Waals surface area contributed by atoms with E-state index in [4.69, 9.17) is 14.2 Å². The van der Waals surface area contributed by atoms with E-state index >= 15 is 0 Å². The summed E-state index contributed by atoms with van der Waals surface area (Å²) >= 11 is 1.43. The molecule has 1 aliphatic rings. The Morgan fingerprint density at radius 3 is 2.96 bits per heavy atom. The van der Waals surface area contributed by atoms with Crippen LogP contribution in [-0.2, 0) is 4.79 Å². The summed E-state index contributed by atoms with van der Waals surface area (Å²) in [5, 5.41) is 3.30. The van der Waals surface area contributed by atoms with Crippen molar-refractivity contribution in [2.75, 3.05) is 25.6 Å². The standard InChI is InChI=1S/C16H16N2O4S/c1-10-9-17-16(23-10)18-14(19)4-3-11-7-12(20-2)15-13(8-11)21-5-6-22-15/h3-4,7-9H,5-6H2,1-2H3,(H,17,18,19)/b4-3+. The molecule has 3 rings (SSSR count). The molecule has 120 valence electrons. The lowest BCUT2D eigenvalue weighted by Crippen LogP contribution is -2.16. The van der Waals surface area contributed by atoms with E-state index in [2.05, 4.69) is 10.3 Å². The topological polar surface area (TPSA) is 69.7 Å². The van der Waals surface area contributed by atoms with Crippen molar-refractivity contribution in [2.45, 2.75) is 6.92 Å². The maximum absolute atomic E-state index is 11.9. The van der Waals surface area contributed by atoms with Crippen molar-refractivity contribution in [3.05, 3.63) is 34.8 Å². The molecule has 1 amide bonds. The van der Waals surface area contributed by atoms with Gasteiger partial charge < -0.3 is 14.2 Å². The van der Waals surface area contributed by atoms with Gasteiger partial charge >= 0.3 is 0 Å². The molecule has 2 heterocycles. The van der Waals surface area contributed by atoms with Gasteiger partial charge in [0.05, 0.1) is 7.11 Å². The van der Waals surface area contributed by atoms with Crippen molar-refractivity contribution in [1.82, 2.24) is 4.98 Å². The Kier molecular flexibility index (Phi) is 4.47. The largest absolute Gasteiger partial charge is 0.493 e. The summed E-state index contributed by atoms with van der Waals surface area (Å²) in [6.45, 7) is 2.92. The molecule has 0 fully saturated rings. The first-order chi connectivity index (χ1) is 11.2. The highest BCUT2D eigenvalue weighted by molar-refractivity contribution is 7.15. The van der Waals surface area contributed by atoms with Crippen LogP contribution in [0, 0.1) is 6.92 Å². The molecule has 0 radical (unpaired) electrons. The number of methoxy groups -OCH3 is 1. The van der Waals surface area contributed by atoms with E-state index in [0.717, 1.165) is 10.4 Å². The number of aryl methyl sites for hydroxylation is 1. The van der Waals surface area contributed by atoms with Gasteiger partial charge in [0, 0.05) is 17.2 Å².